The van der Waals surface area contributed by atoms with Gasteiger partial charge in [0.2, 0.25) is 6.79 Å². The van der Waals surface area contributed by atoms with Crippen LogP contribution in [0.2, 0.25) is 5.02 Å². The van der Waals surface area contributed by atoms with Gasteiger partial charge in [-0.3, -0.25) is 0 Å². The summed E-state index contributed by atoms with van der Waals surface area (Å²) < 4.78 is 24.3. The van der Waals surface area contributed by atoms with Crippen LogP contribution in [-0.2, 0) is 6.54 Å². The molecule has 0 saturated carbocycles. The largest absolute Gasteiger partial charge is 0.454 e. The molecule has 0 aromatic heterocycles. The van der Waals surface area contributed by atoms with Gasteiger partial charge in [0.15, 0.2) is 11.5 Å². The highest BCUT2D eigenvalue weighted by atomic mass is 35.5. The molecular formula is C14H11ClFNO2. The molecule has 2 aromatic carbocycles. The van der Waals surface area contributed by atoms with Crippen LogP contribution in [0, 0.1) is 5.82 Å². The molecular weight excluding hydrogens is 269 g/mol. The second kappa shape index (κ2) is 4.97. The molecule has 1 N–H and O–H groups in total. The van der Waals surface area contributed by atoms with Gasteiger partial charge in [0.05, 0.1) is 5.69 Å². The Balaban J connectivity index is 1.78. The normalized spacial score (nSPS) is 12.5. The molecule has 0 unspecified atom stereocenters. The monoisotopic (exact) mass is 279 g/mol. The first-order chi connectivity index (χ1) is 9.24. The maximum atomic E-state index is 13.6. The smallest absolute Gasteiger partial charge is 0.231 e. The van der Waals surface area contributed by atoms with E-state index < -0.39 is 0 Å². The Morgan fingerprint density at radius 1 is 1.21 bits per heavy atom. The number of rotatable bonds is 3. The molecule has 5 heteroatoms. The number of ether oxygens (including phenoxy) is 2. The summed E-state index contributed by atoms with van der Waals surface area (Å²) in [5.74, 6) is 1.05. The molecule has 2 aromatic rings. The number of para-hydroxylation sites is 1. The Bertz CT molecular complexity index is 618. The zero-order valence-electron chi connectivity index (χ0n) is 9.95. The maximum absolute atomic E-state index is 13.6. The van der Waals surface area contributed by atoms with Crippen LogP contribution in [0.15, 0.2) is 36.4 Å². The lowest BCUT2D eigenvalue weighted by molar-refractivity contribution is 0.173. The second-order valence-corrected chi connectivity index (χ2v) is 4.57. The molecule has 0 fully saturated rings. The number of hydrogen-bond donors (Lipinski definition) is 1. The Hall–Kier alpha value is -1.94. The van der Waals surface area contributed by atoms with Gasteiger partial charge in [0.1, 0.15) is 5.82 Å². The van der Waals surface area contributed by atoms with Crippen molar-refractivity contribution in [1.29, 1.82) is 0 Å². The van der Waals surface area contributed by atoms with Crippen LogP contribution >= 0.6 is 11.6 Å². The molecule has 1 aliphatic rings. The molecule has 0 amide bonds. The zero-order valence-corrected chi connectivity index (χ0v) is 10.7. The Labute approximate surface area is 114 Å². The summed E-state index contributed by atoms with van der Waals surface area (Å²) in [6.45, 7) is 0.673. The number of benzene rings is 2. The van der Waals surface area contributed by atoms with Gasteiger partial charge in [-0.1, -0.05) is 23.7 Å². The van der Waals surface area contributed by atoms with E-state index >= 15 is 0 Å². The minimum Gasteiger partial charge on any atom is -0.454 e. The van der Waals surface area contributed by atoms with Crippen molar-refractivity contribution in [3.8, 4) is 11.5 Å². The van der Waals surface area contributed by atoms with E-state index in [4.69, 9.17) is 21.1 Å². The quantitative estimate of drug-likeness (QED) is 0.926. The lowest BCUT2D eigenvalue weighted by Gasteiger charge is -2.09. The SMILES string of the molecule is Fc1cc(Cl)ccc1NCc1cccc2c1OCO2. The van der Waals surface area contributed by atoms with Crippen LogP contribution in [0.4, 0.5) is 10.1 Å². The van der Waals surface area contributed by atoms with Gasteiger partial charge >= 0.3 is 0 Å². The molecule has 1 heterocycles. The lowest BCUT2D eigenvalue weighted by atomic mass is 10.2. The Morgan fingerprint density at radius 3 is 2.95 bits per heavy atom. The fraction of sp³-hybridized carbons (Fsp3) is 0.143. The number of halogens is 2. The van der Waals surface area contributed by atoms with E-state index in [0.29, 0.717) is 23.0 Å². The van der Waals surface area contributed by atoms with Crippen LogP contribution in [-0.4, -0.2) is 6.79 Å². The Morgan fingerprint density at radius 2 is 2.11 bits per heavy atom. The molecule has 19 heavy (non-hydrogen) atoms. The van der Waals surface area contributed by atoms with E-state index in [-0.39, 0.29) is 12.6 Å². The van der Waals surface area contributed by atoms with E-state index in [9.17, 15) is 4.39 Å². The molecule has 0 saturated heterocycles. The van der Waals surface area contributed by atoms with Crippen molar-refractivity contribution in [1.82, 2.24) is 0 Å². The summed E-state index contributed by atoms with van der Waals surface area (Å²) in [4.78, 5) is 0. The predicted molar refractivity (Wildman–Crippen MR) is 71.3 cm³/mol. The number of anilines is 1. The van der Waals surface area contributed by atoms with E-state index in [1.807, 2.05) is 18.2 Å². The van der Waals surface area contributed by atoms with Crippen molar-refractivity contribution in [2.45, 2.75) is 6.54 Å². The summed E-state index contributed by atoms with van der Waals surface area (Å²) in [7, 11) is 0. The van der Waals surface area contributed by atoms with E-state index in [1.54, 1.807) is 12.1 Å². The minimum absolute atomic E-state index is 0.224. The molecule has 3 nitrogen and oxygen atoms in total. The molecule has 0 spiro atoms. The van der Waals surface area contributed by atoms with Crippen molar-refractivity contribution in [2.75, 3.05) is 12.1 Å². The molecule has 0 radical (unpaired) electrons. The third kappa shape index (κ3) is 2.44. The summed E-state index contributed by atoms with van der Waals surface area (Å²) in [6, 6.07) is 10.2. The predicted octanol–water partition coefficient (Wildman–Crippen LogP) is 3.82. The topological polar surface area (TPSA) is 30.5 Å². The first kappa shape index (κ1) is 12.1. The molecule has 1 aliphatic heterocycles. The number of fused-ring (bicyclic) bond motifs is 1. The number of hydrogen-bond acceptors (Lipinski definition) is 3. The molecule has 3 rings (SSSR count). The van der Waals surface area contributed by atoms with Crippen molar-refractivity contribution >= 4 is 17.3 Å². The average Bonchev–Trinajstić information content (AvgIpc) is 2.86. The molecule has 0 bridgehead atoms. The first-order valence-corrected chi connectivity index (χ1v) is 6.18. The summed E-state index contributed by atoms with van der Waals surface area (Å²) in [6.07, 6.45) is 0. The van der Waals surface area contributed by atoms with Crippen molar-refractivity contribution in [3.05, 3.63) is 52.8 Å². The maximum Gasteiger partial charge on any atom is 0.231 e. The zero-order chi connectivity index (χ0) is 13.2. The van der Waals surface area contributed by atoms with Crippen LogP contribution < -0.4 is 14.8 Å². The fourth-order valence-corrected chi connectivity index (χ4v) is 2.11. The van der Waals surface area contributed by atoms with Crippen LogP contribution in [0.25, 0.3) is 0 Å². The van der Waals surface area contributed by atoms with E-state index in [1.165, 1.54) is 6.07 Å². The van der Waals surface area contributed by atoms with Crippen molar-refractivity contribution < 1.29 is 13.9 Å². The van der Waals surface area contributed by atoms with Gasteiger partial charge < -0.3 is 14.8 Å². The summed E-state index contributed by atoms with van der Waals surface area (Å²) >= 11 is 5.71. The van der Waals surface area contributed by atoms with E-state index in [2.05, 4.69) is 5.32 Å². The molecule has 98 valence electrons. The van der Waals surface area contributed by atoms with Crippen molar-refractivity contribution in [2.24, 2.45) is 0 Å². The standard InChI is InChI=1S/C14H11ClFNO2/c15-10-4-5-12(11(16)6-10)17-7-9-2-1-3-13-14(9)19-8-18-13/h1-6,17H,7-8H2. The highest BCUT2D eigenvalue weighted by Gasteiger charge is 2.17. The Kier molecular flexibility index (Phi) is 3.17. The number of nitrogens with one attached hydrogen (secondary N) is 1. The highest BCUT2D eigenvalue weighted by Crippen LogP contribution is 2.35. The molecule has 0 aliphatic carbocycles. The summed E-state index contributed by atoms with van der Waals surface area (Å²) in [5, 5.41) is 3.39. The van der Waals surface area contributed by atoms with Gasteiger partial charge in [0.25, 0.3) is 0 Å². The van der Waals surface area contributed by atoms with Crippen LogP contribution in [0.1, 0.15) is 5.56 Å². The minimum atomic E-state index is -0.378. The van der Waals surface area contributed by atoms with Crippen LogP contribution in [0.5, 0.6) is 11.5 Å². The van der Waals surface area contributed by atoms with E-state index in [0.717, 1.165) is 11.3 Å². The molecule has 0 atom stereocenters. The summed E-state index contributed by atoms with van der Waals surface area (Å²) in [5.41, 5.74) is 1.32. The second-order valence-electron chi connectivity index (χ2n) is 4.13. The fourth-order valence-electron chi connectivity index (χ4n) is 1.95. The third-order valence-electron chi connectivity index (χ3n) is 2.88. The van der Waals surface area contributed by atoms with Gasteiger partial charge in [-0.25, -0.2) is 4.39 Å². The van der Waals surface area contributed by atoms with Gasteiger partial charge in [-0.15, -0.1) is 0 Å². The van der Waals surface area contributed by atoms with Crippen LogP contribution in [0.3, 0.4) is 0 Å². The highest BCUT2D eigenvalue weighted by molar-refractivity contribution is 6.30. The van der Waals surface area contributed by atoms with Crippen molar-refractivity contribution in [3.63, 3.8) is 0 Å². The van der Waals surface area contributed by atoms with Gasteiger partial charge in [-0.2, -0.15) is 0 Å². The lowest BCUT2D eigenvalue weighted by Crippen LogP contribution is -2.02. The van der Waals surface area contributed by atoms with Gasteiger partial charge in [0, 0.05) is 17.1 Å². The average molecular weight is 280 g/mol. The van der Waals surface area contributed by atoms with Gasteiger partial charge in [-0.05, 0) is 24.3 Å². The first-order valence-electron chi connectivity index (χ1n) is 5.80. The third-order valence-corrected chi connectivity index (χ3v) is 3.11.